The highest BCUT2D eigenvalue weighted by molar-refractivity contribution is 6.25. The van der Waals surface area contributed by atoms with Crippen molar-refractivity contribution in [3.63, 3.8) is 0 Å². The minimum Gasteiger partial charge on any atom is -0.309 e. The van der Waals surface area contributed by atoms with Crippen LogP contribution < -0.4 is 0 Å². The molecule has 64 heavy (non-hydrogen) atoms. The Morgan fingerprint density at radius 3 is 1.64 bits per heavy atom. The monoisotopic (exact) mass is 815 g/mol. The number of fused-ring (bicyclic) bond motifs is 9. The molecule has 0 unspecified atom stereocenters. The molecule has 0 radical (unpaired) electrons. The maximum absolute atomic E-state index is 5.33. The number of rotatable bonds is 6. The zero-order valence-corrected chi connectivity index (χ0v) is 34.6. The maximum Gasteiger partial charge on any atom is 0.164 e. The Balaban J connectivity index is 1.09. The van der Waals surface area contributed by atoms with Gasteiger partial charge < -0.3 is 9.13 Å². The molecule has 298 valence electrons. The van der Waals surface area contributed by atoms with Crippen LogP contribution in [0.15, 0.2) is 224 Å². The molecule has 0 aliphatic heterocycles. The molecule has 0 saturated carbocycles. The highest BCUT2D eigenvalue weighted by Gasteiger charge is 2.22. The van der Waals surface area contributed by atoms with E-state index in [9.17, 15) is 0 Å². The molecule has 13 aromatic rings. The predicted octanol–water partition coefficient (Wildman–Crippen LogP) is 15.0. The SMILES string of the molecule is c1ccc(-c2cccc(-c3nc(-c4ccccc4)nc(-c4cc(-n5c6ccccc6c6cc7c8c9ccccc9ccc8n(-c8ccccc8)c7cc65)cc5ccccc45)n3)c2)cc1. The molecule has 0 aliphatic carbocycles. The summed E-state index contributed by atoms with van der Waals surface area (Å²) in [5.41, 5.74) is 11.8. The topological polar surface area (TPSA) is 48.5 Å². The van der Waals surface area contributed by atoms with Crippen molar-refractivity contribution >= 4 is 65.2 Å². The van der Waals surface area contributed by atoms with Crippen molar-refractivity contribution in [2.45, 2.75) is 0 Å². The van der Waals surface area contributed by atoms with Gasteiger partial charge in [-0.05, 0) is 87.3 Å². The molecule has 0 bridgehead atoms. The van der Waals surface area contributed by atoms with Gasteiger partial charge >= 0.3 is 0 Å². The first-order valence-electron chi connectivity index (χ1n) is 21.7. The van der Waals surface area contributed by atoms with Gasteiger partial charge in [-0.1, -0.05) is 170 Å². The van der Waals surface area contributed by atoms with Crippen molar-refractivity contribution in [1.29, 1.82) is 0 Å². The van der Waals surface area contributed by atoms with E-state index in [1.807, 2.05) is 24.3 Å². The molecular weight excluding hydrogens is 779 g/mol. The Labute approximate surface area is 368 Å². The van der Waals surface area contributed by atoms with Crippen molar-refractivity contribution in [1.82, 2.24) is 24.1 Å². The molecule has 0 N–H and O–H groups in total. The first-order chi connectivity index (χ1) is 31.7. The molecule has 0 spiro atoms. The third-order valence-electron chi connectivity index (χ3n) is 12.7. The van der Waals surface area contributed by atoms with Gasteiger partial charge in [-0.3, -0.25) is 0 Å². The van der Waals surface area contributed by atoms with Crippen LogP contribution in [0.1, 0.15) is 0 Å². The number of nitrogens with zero attached hydrogens (tertiary/aromatic N) is 5. The van der Waals surface area contributed by atoms with Gasteiger partial charge in [0.05, 0.1) is 22.1 Å². The summed E-state index contributed by atoms with van der Waals surface area (Å²) in [7, 11) is 0. The molecule has 3 heterocycles. The molecule has 0 amide bonds. The van der Waals surface area contributed by atoms with Crippen LogP contribution in [-0.4, -0.2) is 24.1 Å². The number of hydrogen-bond acceptors (Lipinski definition) is 3. The summed E-state index contributed by atoms with van der Waals surface area (Å²) < 4.78 is 4.85. The van der Waals surface area contributed by atoms with Crippen molar-refractivity contribution in [3.05, 3.63) is 224 Å². The van der Waals surface area contributed by atoms with Crippen molar-refractivity contribution in [2.75, 3.05) is 0 Å². The zero-order valence-electron chi connectivity index (χ0n) is 34.6. The first kappa shape index (κ1) is 36.0. The van der Waals surface area contributed by atoms with Crippen LogP contribution in [0.3, 0.4) is 0 Å². The number of para-hydroxylation sites is 2. The largest absolute Gasteiger partial charge is 0.309 e. The third-order valence-corrected chi connectivity index (χ3v) is 12.7. The summed E-state index contributed by atoms with van der Waals surface area (Å²) in [5, 5.41) is 9.54. The van der Waals surface area contributed by atoms with E-state index in [2.05, 4.69) is 209 Å². The van der Waals surface area contributed by atoms with Crippen LogP contribution in [0, 0.1) is 0 Å². The van der Waals surface area contributed by atoms with Gasteiger partial charge in [0, 0.05) is 49.6 Å². The summed E-state index contributed by atoms with van der Waals surface area (Å²) in [4.78, 5) is 15.7. The summed E-state index contributed by atoms with van der Waals surface area (Å²) in [6, 6.07) is 79.9. The molecule has 5 heteroatoms. The smallest absolute Gasteiger partial charge is 0.164 e. The van der Waals surface area contributed by atoms with E-state index in [-0.39, 0.29) is 0 Å². The Hall–Kier alpha value is -8.67. The van der Waals surface area contributed by atoms with Crippen LogP contribution in [0.25, 0.3) is 122 Å². The molecule has 13 rings (SSSR count). The molecule has 3 aromatic heterocycles. The van der Waals surface area contributed by atoms with E-state index in [1.165, 1.54) is 37.8 Å². The Morgan fingerprint density at radius 1 is 0.266 bits per heavy atom. The van der Waals surface area contributed by atoms with E-state index >= 15 is 0 Å². The molecule has 0 atom stereocenters. The number of benzene rings is 10. The minimum atomic E-state index is 0.617. The Morgan fingerprint density at radius 2 is 0.844 bits per heavy atom. The Bertz CT molecular complexity index is 3940. The van der Waals surface area contributed by atoms with Crippen molar-refractivity contribution in [2.24, 2.45) is 0 Å². The number of hydrogen-bond donors (Lipinski definition) is 0. The van der Waals surface area contributed by atoms with Gasteiger partial charge in [0.2, 0.25) is 0 Å². The summed E-state index contributed by atoms with van der Waals surface area (Å²) >= 11 is 0. The third kappa shape index (κ3) is 5.75. The maximum atomic E-state index is 5.33. The van der Waals surface area contributed by atoms with Gasteiger partial charge in [0.25, 0.3) is 0 Å². The number of aromatic nitrogens is 5. The first-order valence-corrected chi connectivity index (χ1v) is 21.7. The normalized spacial score (nSPS) is 11.8. The van der Waals surface area contributed by atoms with Crippen LogP contribution in [0.5, 0.6) is 0 Å². The lowest BCUT2D eigenvalue weighted by Gasteiger charge is -2.15. The lowest BCUT2D eigenvalue weighted by atomic mass is 10.0. The molecular formula is C59H37N5. The second-order valence-corrected chi connectivity index (χ2v) is 16.4. The van der Waals surface area contributed by atoms with Gasteiger partial charge in [-0.15, -0.1) is 0 Å². The quantitative estimate of drug-likeness (QED) is 0.168. The van der Waals surface area contributed by atoms with E-state index in [0.29, 0.717) is 17.5 Å². The molecule has 0 fully saturated rings. The van der Waals surface area contributed by atoms with Gasteiger partial charge in [-0.2, -0.15) is 0 Å². The van der Waals surface area contributed by atoms with Crippen molar-refractivity contribution < 1.29 is 0 Å². The minimum absolute atomic E-state index is 0.617. The Kier molecular flexibility index (Phi) is 8.15. The fourth-order valence-electron chi connectivity index (χ4n) is 9.80. The fraction of sp³-hybridized carbons (Fsp3) is 0. The second kappa shape index (κ2) is 14.5. The predicted molar refractivity (Wildman–Crippen MR) is 265 cm³/mol. The fourth-order valence-corrected chi connectivity index (χ4v) is 9.80. The van der Waals surface area contributed by atoms with Crippen molar-refractivity contribution in [3.8, 4) is 56.7 Å². The van der Waals surface area contributed by atoms with E-state index < -0.39 is 0 Å². The zero-order chi connectivity index (χ0) is 42.1. The van der Waals surface area contributed by atoms with E-state index in [0.717, 1.165) is 66.5 Å². The highest BCUT2D eigenvalue weighted by atomic mass is 15.0. The standard InChI is InChI=1S/C59H37N5/c1-4-17-38(18-5-1)41-23-16-24-43(33-41)58-60-57(40-20-6-2-7-21-40)61-59(62-58)50-35-45(34-42-22-11-12-27-46(42)50)64-52-30-15-14-29-48(52)49-36-51-55(37-54(49)64)63(44-25-8-3-9-26-44)53-32-31-39-19-10-13-28-47(39)56(51)53/h1-37H. The van der Waals surface area contributed by atoms with Crippen LogP contribution >= 0.6 is 0 Å². The lowest BCUT2D eigenvalue weighted by molar-refractivity contribution is 1.07. The van der Waals surface area contributed by atoms with Crippen LogP contribution in [0.2, 0.25) is 0 Å². The molecule has 0 saturated heterocycles. The van der Waals surface area contributed by atoms with Crippen LogP contribution in [-0.2, 0) is 0 Å². The summed E-state index contributed by atoms with van der Waals surface area (Å²) in [6.45, 7) is 0. The summed E-state index contributed by atoms with van der Waals surface area (Å²) in [6.07, 6.45) is 0. The molecule has 10 aromatic carbocycles. The average Bonchev–Trinajstić information content (AvgIpc) is 3.88. The average molecular weight is 816 g/mol. The van der Waals surface area contributed by atoms with Gasteiger partial charge in [-0.25, -0.2) is 15.0 Å². The highest BCUT2D eigenvalue weighted by Crippen LogP contribution is 2.43. The van der Waals surface area contributed by atoms with Crippen LogP contribution in [0.4, 0.5) is 0 Å². The van der Waals surface area contributed by atoms with Gasteiger partial charge in [0.1, 0.15) is 0 Å². The van der Waals surface area contributed by atoms with E-state index in [1.54, 1.807) is 0 Å². The summed E-state index contributed by atoms with van der Waals surface area (Å²) in [5.74, 6) is 1.86. The van der Waals surface area contributed by atoms with E-state index in [4.69, 9.17) is 15.0 Å². The molecule has 0 aliphatic rings. The second-order valence-electron chi connectivity index (χ2n) is 16.4. The lowest BCUT2D eigenvalue weighted by Crippen LogP contribution is -2.02. The van der Waals surface area contributed by atoms with Gasteiger partial charge in [0.15, 0.2) is 17.5 Å². The molecule has 5 nitrogen and oxygen atoms in total.